The van der Waals surface area contributed by atoms with Crippen LogP contribution in [0.5, 0.6) is 11.5 Å². The quantitative estimate of drug-likeness (QED) is 0.342. The molecule has 2 aromatic carbocycles. The number of para-hydroxylation sites is 2. The topological polar surface area (TPSA) is 105 Å². The van der Waals surface area contributed by atoms with Crippen molar-refractivity contribution in [2.45, 2.75) is 0 Å². The molecule has 6 heteroatoms. The Labute approximate surface area is 114 Å². The molecule has 4 N–H and O–H groups in total. The van der Waals surface area contributed by atoms with Crippen molar-refractivity contribution in [1.82, 2.24) is 0 Å². The van der Waals surface area contributed by atoms with Crippen LogP contribution in [0.4, 0.5) is 0 Å². The largest absolute Gasteiger partial charge is 0.478 e. The monoisotopic (exact) mass is 272 g/mol. The number of carboxylic acid groups (broad SMARTS) is 1. The summed E-state index contributed by atoms with van der Waals surface area (Å²) in [4.78, 5) is 11.1. The van der Waals surface area contributed by atoms with E-state index >= 15 is 0 Å². The molecule has 0 amide bonds. The van der Waals surface area contributed by atoms with Crippen molar-refractivity contribution in [3.05, 3.63) is 59.7 Å². The SMILES string of the molecule is N/C(=N/O)c1ccccc1Oc1ccccc1C(=O)O. The zero-order chi connectivity index (χ0) is 14.5. The second kappa shape index (κ2) is 5.75. The van der Waals surface area contributed by atoms with Gasteiger partial charge in [-0.05, 0) is 24.3 Å². The second-order valence-corrected chi connectivity index (χ2v) is 3.88. The number of aromatic carboxylic acids is 1. The molecule has 0 aromatic heterocycles. The van der Waals surface area contributed by atoms with Gasteiger partial charge in [0.15, 0.2) is 5.84 Å². The Morgan fingerprint density at radius 3 is 2.05 bits per heavy atom. The molecule has 2 aromatic rings. The lowest BCUT2D eigenvalue weighted by Gasteiger charge is -2.11. The lowest BCUT2D eigenvalue weighted by atomic mass is 10.1. The Bertz CT molecular complexity index is 668. The minimum Gasteiger partial charge on any atom is -0.478 e. The molecule has 20 heavy (non-hydrogen) atoms. The van der Waals surface area contributed by atoms with Crippen molar-refractivity contribution in [1.29, 1.82) is 0 Å². The van der Waals surface area contributed by atoms with Gasteiger partial charge in [0.2, 0.25) is 0 Å². The predicted octanol–water partition coefficient (Wildman–Crippen LogP) is 2.27. The molecule has 0 unspecified atom stereocenters. The Balaban J connectivity index is 2.44. The molecule has 0 aliphatic carbocycles. The van der Waals surface area contributed by atoms with Crippen molar-refractivity contribution in [3.8, 4) is 11.5 Å². The number of nitrogens with zero attached hydrogens (tertiary/aromatic N) is 1. The molecule has 0 atom stereocenters. The van der Waals surface area contributed by atoms with Crippen molar-refractivity contribution < 1.29 is 19.8 Å². The predicted molar refractivity (Wildman–Crippen MR) is 72.4 cm³/mol. The highest BCUT2D eigenvalue weighted by Crippen LogP contribution is 2.28. The van der Waals surface area contributed by atoms with E-state index in [0.717, 1.165) is 0 Å². The van der Waals surface area contributed by atoms with Gasteiger partial charge in [-0.25, -0.2) is 4.79 Å². The Morgan fingerprint density at radius 2 is 1.50 bits per heavy atom. The number of hydrogen-bond acceptors (Lipinski definition) is 4. The summed E-state index contributed by atoms with van der Waals surface area (Å²) in [5, 5.41) is 20.8. The number of rotatable bonds is 4. The maximum Gasteiger partial charge on any atom is 0.339 e. The summed E-state index contributed by atoms with van der Waals surface area (Å²) in [5.41, 5.74) is 5.95. The number of ether oxygens (including phenoxy) is 1. The Kier molecular flexibility index (Phi) is 3.85. The van der Waals surface area contributed by atoms with Gasteiger partial charge in [-0.3, -0.25) is 0 Å². The van der Waals surface area contributed by atoms with Gasteiger partial charge >= 0.3 is 5.97 Å². The van der Waals surface area contributed by atoms with E-state index < -0.39 is 5.97 Å². The first kappa shape index (κ1) is 13.4. The number of benzene rings is 2. The fraction of sp³-hybridized carbons (Fsp3) is 0. The third-order valence-corrected chi connectivity index (χ3v) is 2.61. The third kappa shape index (κ3) is 2.69. The Morgan fingerprint density at radius 1 is 1.00 bits per heavy atom. The first-order valence-electron chi connectivity index (χ1n) is 5.70. The van der Waals surface area contributed by atoms with E-state index in [1.807, 2.05) is 0 Å². The number of hydrogen-bond donors (Lipinski definition) is 3. The van der Waals surface area contributed by atoms with Gasteiger partial charge < -0.3 is 20.8 Å². The van der Waals surface area contributed by atoms with Crippen LogP contribution in [0.2, 0.25) is 0 Å². The molecule has 0 heterocycles. The molecule has 102 valence electrons. The van der Waals surface area contributed by atoms with Gasteiger partial charge in [0.05, 0.1) is 5.56 Å². The van der Waals surface area contributed by atoms with Gasteiger partial charge in [0.25, 0.3) is 0 Å². The molecule has 0 bridgehead atoms. The highest BCUT2D eigenvalue weighted by Gasteiger charge is 2.14. The molecule has 0 aliphatic heterocycles. The first-order chi connectivity index (χ1) is 9.63. The zero-order valence-electron chi connectivity index (χ0n) is 10.4. The summed E-state index contributed by atoms with van der Waals surface area (Å²) >= 11 is 0. The maximum atomic E-state index is 11.1. The van der Waals surface area contributed by atoms with Crippen LogP contribution in [-0.4, -0.2) is 22.1 Å². The lowest BCUT2D eigenvalue weighted by Crippen LogP contribution is -2.14. The summed E-state index contributed by atoms with van der Waals surface area (Å²) in [7, 11) is 0. The van der Waals surface area contributed by atoms with E-state index in [9.17, 15) is 4.79 Å². The highest BCUT2D eigenvalue weighted by molar-refractivity contribution is 5.99. The van der Waals surface area contributed by atoms with Crippen molar-refractivity contribution in [2.75, 3.05) is 0 Å². The fourth-order valence-corrected chi connectivity index (χ4v) is 1.67. The van der Waals surface area contributed by atoms with Gasteiger partial charge in [-0.1, -0.05) is 29.4 Å². The minimum absolute atomic E-state index is 0.0295. The van der Waals surface area contributed by atoms with E-state index in [-0.39, 0.29) is 17.1 Å². The molecule has 0 saturated heterocycles. The molecule has 0 radical (unpaired) electrons. The van der Waals surface area contributed by atoms with Crippen LogP contribution >= 0.6 is 0 Å². The minimum atomic E-state index is -1.10. The van der Waals surface area contributed by atoms with Gasteiger partial charge in [-0.15, -0.1) is 0 Å². The van der Waals surface area contributed by atoms with E-state index in [1.54, 1.807) is 36.4 Å². The number of amidine groups is 1. The summed E-state index contributed by atoms with van der Waals surface area (Å²) in [6, 6.07) is 12.8. The first-order valence-corrected chi connectivity index (χ1v) is 5.70. The van der Waals surface area contributed by atoms with E-state index in [2.05, 4.69) is 5.16 Å². The van der Waals surface area contributed by atoms with Crippen LogP contribution in [0.15, 0.2) is 53.7 Å². The number of oxime groups is 1. The second-order valence-electron chi connectivity index (χ2n) is 3.88. The molecule has 0 spiro atoms. The summed E-state index contributed by atoms with van der Waals surface area (Å²) in [6.45, 7) is 0. The normalized spacial score (nSPS) is 11.1. The molecule has 0 fully saturated rings. The third-order valence-electron chi connectivity index (χ3n) is 2.61. The van der Waals surface area contributed by atoms with Crippen molar-refractivity contribution in [2.24, 2.45) is 10.9 Å². The molecular weight excluding hydrogens is 260 g/mol. The average Bonchev–Trinajstić information content (AvgIpc) is 2.47. The van der Waals surface area contributed by atoms with Crippen LogP contribution in [0.1, 0.15) is 15.9 Å². The number of carboxylic acids is 1. The van der Waals surface area contributed by atoms with Gasteiger partial charge in [0.1, 0.15) is 17.1 Å². The van der Waals surface area contributed by atoms with E-state index in [0.29, 0.717) is 11.3 Å². The van der Waals surface area contributed by atoms with Crippen molar-refractivity contribution in [3.63, 3.8) is 0 Å². The molecule has 2 rings (SSSR count). The Hall–Kier alpha value is -3.02. The molecular formula is C14H12N2O4. The fourth-order valence-electron chi connectivity index (χ4n) is 1.67. The van der Waals surface area contributed by atoms with Crippen LogP contribution in [0, 0.1) is 0 Å². The standard InChI is InChI=1S/C14H12N2O4/c15-13(16-19)9-5-1-3-7-11(9)20-12-8-4-2-6-10(12)14(17)18/h1-8,19H,(H2,15,16)(H,17,18). The van der Waals surface area contributed by atoms with E-state index in [4.69, 9.17) is 20.8 Å². The van der Waals surface area contributed by atoms with Crippen LogP contribution < -0.4 is 10.5 Å². The molecule has 6 nitrogen and oxygen atoms in total. The summed E-state index contributed by atoms with van der Waals surface area (Å²) in [6.07, 6.45) is 0. The number of carbonyl (C=O) groups is 1. The smallest absolute Gasteiger partial charge is 0.339 e. The molecule has 0 aliphatic rings. The molecule has 0 saturated carbocycles. The van der Waals surface area contributed by atoms with Gasteiger partial charge in [0, 0.05) is 0 Å². The lowest BCUT2D eigenvalue weighted by molar-refractivity contribution is 0.0694. The maximum absolute atomic E-state index is 11.1. The summed E-state index contributed by atoms with van der Waals surface area (Å²) in [5.74, 6) is -0.732. The van der Waals surface area contributed by atoms with E-state index in [1.165, 1.54) is 12.1 Å². The summed E-state index contributed by atoms with van der Waals surface area (Å²) < 4.78 is 5.57. The van der Waals surface area contributed by atoms with Crippen molar-refractivity contribution >= 4 is 11.8 Å². The van der Waals surface area contributed by atoms with Crippen LogP contribution in [-0.2, 0) is 0 Å². The highest BCUT2D eigenvalue weighted by atomic mass is 16.5. The zero-order valence-corrected chi connectivity index (χ0v) is 10.4. The van der Waals surface area contributed by atoms with Crippen LogP contribution in [0.3, 0.4) is 0 Å². The number of nitrogens with two attached hydrogens (primary N) is 1. The van der Waals surface area contributed by atoms with Crippen LogP contribution in [0.25, 0.3) is 0 Å². The average molecular weight is 272 g/mol. The van der Waals surface area contributed by atoms with Gasteiger partial charge in [-0.2, -0.15) is 0 Å².